The number of Topliss-reactive ketones (excluding diaryl/α,β-unsaturated/α-hetero) is 1. The number of hydrogen-bond donors (Lipinski definition) is 1. The molecule has 1 saturated heterocycles. The van der Waals surface area contributed by atoms with Crippen molar-refractivity contribution in [3.63, 3.8) is 0 Å². The number of ketones is 1. The van der Waals surface area contributed by atoms with Gasteiger partial charge < -0.3 is 15.4 Å². The van der Waals surface area contributed by atoms with Gasteiger partial charge in [-0.15, -0.1) is 11.3 Å². The van der Waals surface area contributed by atoms with E-state index in [-0.39, 0.29) is 18.1 Å². The number of hydrogen-bond acceptors (Lipinski definition) is 5. The Morgan fingerprint density at radius 3 is 2.30 bits per heavy atom. The molecule has 2 N–H and O–H groups in total. The van der Waals surface area contributed by atoms with Crippen molar-refractivity contribution in [2.45, 2.75) is 51.9 Å². The van der Waals surface area contributed by atoms with E-state index in [1.54, 1.807) is 36.3 Å². The first kappa shape index (κ1) is 24.1. The first-order chi connectivity index (χ1) is 14.5. The molecular formula is C24H34N2O3S. The number of rotatable bonds is 10. The molecule has 0 unspecified atom stereocenters. The van der Waals surface area contributed by atoms with E-state index in [4.69, 9.17) is 10.5 Å². The number of primary amides is 1. The summed E-state index contributed by atoms with van der Waals surface area (Å²) in [5.41, 5.74) is 5.62. The van der Waals surface area contributed by atoms with Gasteiger partial charge in [0.25, 0.3) is 0 Å². The Kier molecular flexibility index (Phi) is 10.6. The van der Waals surface area contributed by atoms with E-state index < -0.39 is 0 Å². The second-order valence-corrected chi connectivity index (χ2v) is 9.01. The number of ether oxygens (including phenoxy) is 1. The molecule has 1 aliphatic heterocycles. The standard InChI is InChI=1S/C12H15NO3.C12H19NS/c1-16-10-7-5-9(6-8-10)11(14)3-2-4-12(13)15;1-11-6-7-12(14-11)5-4-10-13-8-2-3-9-13/h5-8H,2-4H2,1H3,(H2,13,15);6-7H,2-5,8-10H2,1H3. The fourth-order valence-electron chi connectivity index (χ4n) is 3.45. The highest BCUT2D eigenvalue weighted by atomic mass is 32.1. The van der Waals surface area contributed by atoms with Crippen LogP contribution in [0.3, 0.4) is 0 Å². The number of benzene rings is 1. The topological polar surface area (TPSA) is 72.6 Å². The number of carbonyl (C=O) groups is 2. The minimum atomic E-state index is -0.373. The number of thiophene rings is 1. The van der Waals surface area contributed by atoms with E-state index in [0.29, 0.717) is 24.2 Å². The average molecular weight is 431 g/mol. The lowest BCUT2D eigenvalue weighted by Gasteiger charge is -2.13. The summed E-state index contributed by atoms with van der Waals surface area (Å²) in [6.45, 7) is 6.17. The van der Waals surface area contributed by atoms with Gasteiger partial charge in [0, 0.05) is 28.2 Å². The molecule has 1 fully saturated rings. The Labute approximate surface area is 184 Å². The summed E-state index contributed by atoms with van der Waals surface area (Å²) in [5.74, 6) is 0.361. The smallest absolute Gasteiger partial charge is 0.217 e. The molecule has 0 aliphatic carbocycles. The summed E-state index contributed by atoms with van der Waals surface area (Å²) in [5, 5.41) is 0. The van der Waals surface area contributed by atoms with Crippen molar-refractivity contribution >= 4 is 23.0 Å². The molecule has 164 valence electrons. The van der Waals surface area contributed by atoms with E-state index >= 15 is 0 Å². The van der Waals surface area contributed by atoms with Crippen LogP contribution in [0.25, 0.3) is 0 Å². The Morgan fingerprint density at radius 1 is 1.03 bits per heavy atom. The van der Waals surface area contributed by atoms with Gasteiger partial charge in [0.2, 0.25) is 5.91 Å². The lowest BCUT2D eigenvalue weighted by Crippen LogP contribution is -2.20. The van der Waals surface area contributed by atoms with Gasteiger partial charge in [0.1, 0.15) is 5.75 Å². The highest BCUT2D eigenvalue weighted by molar-refractivity contribution is 7.11. The van der Waals surface area contributed by atoms with Crippen molar-refractivity contribution in [2.24, 2.45) is 5.73 Å². The van der Waals surface area contributed by atoms with E-state index in [9.17, 15) is 9.59 Å². The van der Waals surface area contributed by atoms with Crippen LogP contribution in [0.4, 0.5) is 0 Å². The normalized spacial score (nSPS) is 13.5. The molecule has 2 aromatic rings. The minimum Gasteiger partial charge on any atom is -0.497 e. The predicted octanol–water partition coefficient (Wildman–Crippen LogP) is 4.62. The van der Waals surface area contributed by atoms with E-state index in [1.807, 2.05) is 11.3 Å². The van der Waals surface area contributed by atoms with Crippen molar-refractivity contribution in [2.75, 3.05) is 26.7 Å². The molecule has 3 rings (SSSR count). The third-order valence-electron chi connectivity index (χ3n) is 5.13. The van der Waals surface area contributed by atoms with Gasteiger partial charge >= 0.3 is 0 Å². The van der Waals surface area contributed by atoms with E-state index in [1.165, 1.54) is 50.2 Å². The third-order valence-corrected chi connectivity index (χ3v) is 6.19. The minimum absolute atomic E-state index is 0.0175. The molecular weight excluding hydrogens is 396 g/mol. The molecule has 1 aromatic carbocycles. The molecule has 1 amide bonds. The highest BCUT2D eigenvalue weighted by Gasteiger charge is 2.10. The van der Waals surface area contributed by atoms with Crippen LogP contribution in [0.1, 0.15) is 58.6 Å². The lowest BCUT2D eigenvalue weighted by molar-refractivity contribution is -0.118. The first-order valence-electron chi connectivity index (χ1n) is 10.7. The maximum Gasteiger partial charge on any atom is 0.217 e. The highest BCUT2D eigenvalue weighted by Crippen LogP contribution is 2.17. The SMILES string of the molecule is COc1ccc(C(=O)CCCC(N)=O)cc1.Cc1ccc(CCCN2CCCC2)s1. The summed E-state index contributed by atoms with van der Waals surface area (Å²) in [6.07, 6.45) is 6.53. The van der Waals surface area contributed by atoms with Gasteiger partial charge in [-0.25, -0.2) is 0 Å². The zero-order chi connectivity index (χ0) is 21.8. The summed E-state index contributed by atoms with van der Waals surface area (Å²) in [6, 6.07) is 11.4. The first-order valence-corrected chi connectivity index (χ1v) is 11.5. The molecule has 0 spiro atoms. The molecule has 2 heterocycles. The van der Waals surface area contributed by atoms with Gasteiger partial charge in [-0.1, -0.05) is 0 Å². The van der Waals surface area contributed by atoms with Crippen LogP contribution >= 0.6 is 11.3 Å². The molecule has 6 heteroatoms. The number of aryl methyl sites for hydroxylation is 2. The van der Waals surface area contributed by atoms with E-state index in [2.05, 4.69) is 24.0 Å². The summed E-state index contributed by atoms with van der Waals surface area (Å²) < 4.78 is 4.99. The lowest BCUT2D eigenvalue weighted by atomic mass is 10.1. The van der Waals surface area contributed by atoms with Crippen LogP contribution < -0.4 is 10.5 Å². The second kappa shape index (κ2) is 13.2. The fourth-order valence-corrected chi connectivity index (χ4v) is 4.38. The number of carbonyl (C=O) groups excluding carboxylic acids is 2. The van der Waals surface area contributed by atoms with E-state index in [0.717, 1.165) is 0 Å². The van der Waals surface area contributed by atoms with Crippen molar-refractivity contribution in [3.05, 3.63) is 51.7 Å². The van der Waals surface area contributed by atoms with Crippen LogP contribution in [0.2, 0.25) is 0 Å². The Hall–Kier alpha value is -2.18. The summed E-state index contributed by atoms with van der Waals surface area (Å²) >= 11 is 1.95. The fraction of sp³-hybridized carbons (Fsp3) is 0.500. The van der Waals surface area contributed by atoms with Gasteiger partial charge in [0.15, 0.2) is 5.78 Å². The van der Waals surface area contributed by atoms with Crippen molar-refractivity contribution < 1.29 is 14.3 Å². The van der Waals surface area contributed by atoms with Gasteiger partial charge in [-0.3, -0.25) is 9.59 Å². The van der Waals surface area contributed by atoms with Crippen LogP contribution in [0.5, 0.6) is 5.75 Å². The molecule has 0 atom stereocenters. The average Bonchev–Trinajstić information content (AvgIpc) is 3.40. The van der Waals surface area contributed by atoms with Crippen LogP contribution in [0.15, 0.2) is 36.4 Å². The number of amides is 1. The molecule has 30 heavy (non-hydrogen) atoms. The van der Waals surface area contributed by atoms with Crippen molar-refractivity contribution in [3.8, 4) is 5.75 Å². The Morgan fingerprint density at radius 2 is 1.73 bits per heavy atom. The van der Waals surface area contributed by atoms with Crippen LogP contribution in [-0.2, 0) is 11.2 Å². The number of likely N-dealkylation sites (tertiary alicyclic amines) is 1. The quantitative estimate of drug-likeness (QED) is 0.558. The molecule has 1 aliphatic rings. The summed E-state index contributed by atoms with van der Waals surface area (Å²) in [4.78, 5) is 27.7. The van der Waals surface area contributed by atoms with Crippen molar-refractivity contribution in [1.82, 2.24) is 4.90 Å². The molecule has 5 nitrogen and oxygen atoms in total. The second-order valence-electron chi connectivity index (χ2n) is 7.64. The Bertz CT molecular complexity index is 780. The maximum absolute atomic E-state index is 11.6. The van der Waals surface area contributed by atoms with Crippen LogP contribution in [-0.4, -0.2) is 43.3 Å². The largest absolute Gasteiger partial charge is 0.497 e. The monoisotopic (exact) mass is 430 g/mol. The van der Waals surface area contributed by atoms with Crippen molar-refractivity contribution in [1.29, 1.82) is 0 Å². The maximum atomic E-state index is 11.6. The molecule has 0 bridgehead atoms. The number of methoxy groups -OCH3 is 1. The number of nitrogens with two attached hydrogens (primary N) is 1. The predicted molar refractivity (Wildman–Crippen MR) is 123 cm³/mol. The van der Waals surface area contributed by atoms with Gasteiger partial charge in [-0.05, 0) is 95.1 Å². The third kappa shape index (κ3) is 9.09. The molecule has 0 saturated carbocycles. The zero-order valence-electron chi connectivity index (χ0n) is 18.2. The van der Waals surface area contributed by atoms with Gasteiger partial charge in [-0.2, -0.15) is 0 Å². The van der Waals surface area contributed by atoms with Crippen LogP contribution in [0, 0.1) is 6.92 Å². The van der Waals surface area contributed by atoms with Gasteiger partial charge in [0.05, 0.1) is 7.11 Å². The summed E-state index contributed by atoms with van der Waals surface area (Å²) in [7, 11) is 1.57. The number of nitrogens with zero attached hydrogens (tertiary/aromatic N) is 1. The Balaban J connectivity index is 0.000000215. The molecule has 1 aromatic heterocycles. The molecule has 0 radical (unpaired) electrons. The zero-order valence-corrected chi connectivity index (χ0v) is 19.0.